The highest BCUT2D eigenvalue weighted by atomic mass is 79.9. The van der Waals surface area contributed by atoms with Crippen molar-refractivity contribution < 1.29 is 9.47 Å². The van der Waals surface area contributed by atoms with Gasteiger partial charge in [-0.3, -0.25) is 0 Å². The zero-order valence-electron chi connectivity index (χ0n) is 20.0. The lowest BCUT2D eigenvalue weighted by molar-refractivity contribution is 0.258. The van der Waals surface area contributed by atoms with Gasteiger partial charge in [0.05, 0.1) is 35.0 Å². The third kappa shape index (κ3) is 7.66. The zero-order valence-corrected chi connectivity index (χ0v) is 23.3. The number of hydrogen-bond acceptors (Lipinski definition) is 6. The summed E-state index contributed by atoms with van der Waals surface area (Å²) in [5, 5.41) is 2.09. The van der Waals surface area contributed by atoms with Crippen molar-refractivity contribution >= 4 is 50.0 Å². The van der Waals surface area contributed by atoms with Crippen molar-refractivity contribution in [2.45, 2.75) is 90.9 Å². The number of hydrogen-bond donors (Lipinski definition) is 0. The molecule has 0 atom stereocenters. The van der Waals surface area contributed by atoms with Crippen LogP contribution in [0.15, 0.2) is 22.0 Å². The summed E-state index contributed by atoms with van der Waals surface area (Å²) in [6.45, 7) is 5.88. The largest absolute Gasteiger partial charge is 0.489 e. The van der Waals surface area contributed by atoms with E-state index in [0.29, 0.717) is 13.2 Å². The highest BCUT2D eigenvalue weighted by molar-refractivity contribution is 9.10. The number of benzene rings is 1. The Balaban J connectivity index is 1.77. The van der Waals surface area contributed by atoms with Crippen molar-refractivity contribution in [1.29, 1.82) is 0 Å². The smallest absolute Gasteiger partial charge is 0.178 e. The molecule has 0 aliphatic heterocycles. The molecule has 0 aliphatic carbocycles. The third-order valence-electron chi connectivity index (χ3n) is 5.82. The minimum atomic E-state index is 0.686. The van der Waals surface area contributed by atoms with Gasteiger partial charge in [-0.15, -0.1) is 11.3 Å². The molecule has 2 aromatic heterocycles. The number of halogens is 1. The van der Waals surface area contributed by atoms with Crippen molar-refractivity contribution in [1.82, 2.24) is 8.75 Å². The van der Waals surface area contributed by atoms with E-state index >= 15 is 0 Å². The monoisotopic (exact) mass is 552 g/mol. The molecule has 0 bridgehead atoms. The molecule has 0 unspecified atom stereocenters. The minimum Gasteiger partial charge on any atom is -0.489 e. The Hall–Kier alpha value is -1.18. The second kappa shape index (κ2) is 14.9. The predicted octanol–water partition coefficient (Wildman–Crippen LogP) is 9.66. The summed E-state index contributed by atoms with van der Waals surface area (Å²) in [7, 11) is 0. The van der Waals surface area contributed by atoms with E-state index in [4.69, 9.17) is 9.47 Å². The molecule has 33 heavy (non-hydrogen) atoms. The van der Waals surface area contributed by atoms with Crippen LogP contribution >= 0.6 is 39.0 Å². The Morgan fingerprint density at radius 1 is 0.758 bits per heavy atom. The van der Waals surface area contributed by atoms with Crippen LogP contribution in [-0.2, 0) is 0 Å². The second-order valence-electron chi connectivity index (χ2n) is 8.52. The van der Waals surface area contributed by atoms with Gasteiger partial charge in [-0.05, 0) is 40.2 Å². The van der Waals surface area contributed by atoms with Crippen LogP contribution in [0, 0.1) is 0 Å². The lowest BCUT2D eigenvalue weighted by atomic mass is 10.1. The average molecular weight is 554 g/mol. The van der Waals surface area contributed by atoms with Gasteiger partial charge < -0.3 is 9.47 Å². The molecule has 0 saturated heterocycles. The topological polar surface area (TPSA) is 44.2 Å². The molecule has 1 aromatic carbocycles. The molecule has 182 valence electrons. The maximum atomic E-state index is 6.46. The third-order valence-corrected chi connectivity index (χ3v) is 7.97. The van der Waals surface area contributed by atoms with Crippen molar-refractivity contribution in [3.63, 3.8) is 0 Å². The Morgan fingerprint density at radius 2 is 1.33 bits per heavy atom. The molecule has 0 aliphatic rings. The summed E-state index contributed by atoms with van der Waals surface area (Å²) in [4.78, 5) is 1.14. The molecular formula is C26H37BrN2O2S2. The van der Waals surface area contributed by atoms with E-state index < -0.39 is 0 Å². The van der Waals surface area contributed by atoms with E-state index in [1.807, 2.05) is 0 Å². The van der Waals surface area contributed by atoms with Crippen LogP contribution in [0.5, 0.6) is 11.5 Å². The predicted molar refractivity (Wildman–Crippen MR) is 146 cm³/mol. The fraction of sp³-hybridized carbons (Fsp3) is 0.615. The first kappa shape index (κ1) is 26.4. The fourth-order valence-corrected chi connectivity index (χ4v) is 5.97. The number of fused-ring (bicyclic) bond motifs is 1. The van der Waals surface area contributed by atoms with Crippen LogP contribution in [-0.4, -0.2) is 22.0 Å². The summed E-state index contributed by atoms with van der Waals surface area (Å²) in [5.74, 6) is 1.59. The van der Waals surface area contributed by atoms with Crippen molar-refractivity contribution in [3.8, 4) is 21.9 Å². The van der Waals surface area contributed by atoms with Crippen LogP contribution in [0.1, 0.15) is 90.9 Å². The summed E-state index contributed by atoms with van der Waals surface area (Å²) in [6.07, 6.45) is 14.9. The average Bonchev–Trinajstić information content (AvgIpc) is 3.52. The maximum absolute atomic E-state index is 6.46. The number of unbranched alkanes of at least 4 members (excludes halogenated alkanes) is 10. The molecule has 0 fully saturated rings. The highest BCUT2D eigenvalue weighted by Crippen LogP contribution is 2.49. The van der Waals surface area contributed by atoms with Gasteiger partial charge in [0.2, 0.25) is 0 Å². The van der Waals surface area contributed by atoms with Gasteiger partial charge in [-0.2, -0.15) is 8.75 Å². The summed E-state index contributed by atoms with van der Waals surface area (Å²) in [5.41, 5.74) is 2.76. The first-order chi connectivity index (χ1) is 16.3. The quantitative estimate of drug-likeness (QED) is 0.156. The van der Waals surface area contributed by atoms with Crippen LogP contribution < -0.4 is 9.47 Å². The van der Waals surface area contributed by atoms with E-state index in [1.165, 1.54) is 75.9 Å². The van der Waals surface area contributed by atoms with Gasteiger partial charge >= 0.3 is 0 Å². The van der Waals surface area contributed by atoms with Gasteiger partial charge in [0, 0.05) is 4.88 Å². The number of ether oxygens (including phenoxy) is 2. The molecule has 0 saturated carbocycles. The first-order valence-electron chi connectivity index (χ1n) is 12.5. The van der Waals surface area contributed by atoms with Crippen molar-refractivity contribution in [2.75, 3.05) is 13.2 Å². The molecule has 0 spiro atoms. The normalized spacial score (nSPS) is 11.4. The van der Waals surface area contributed by atoms with Gasteiger partial charge in [0.15, 0.2) is 11.5 Å². The van der Waals surface area contributed by atoms with Crippen LogP contribution in [0.3, 0.4) is 0 Å². The number of thiophene rings is 1. The standard InChI is InChI=1S/C26H37BrN2O2S2/c1-3-5-7-9-11-13-17-30-25-21(20-16-15-19-32-20)23-24(29-33-28-23)22(27)26(25)31-18-14-12-10-8-6-4-2/h15-16,19H,3-14,17-18H2,1-2H3. The lowest BCUT2D eigenvalue weighted by Gasteiger charge is -2.18. The van der Waals surface area contributed by atoms with E-state index in [0.717, 1.165) is 50.3 Å². The molecule has 2 heterocycles. The van der Waals surface area contributed by atoms with Gasteiger partial charge in [0.25, 0.3) is 0 Å². The van der Waals surface area contributed by atoms with Gasteiger partial charge in [-0.25, -0.2) is 0 Å². The Labute approximate surface area is 215 Å². The van der Waals surface area contributed by atoms with E-state index in [1.54, 1.807) is 11.3 Å². The van der Waals surface area contributed by atoms with Crippen LogP contribution in [0.4, 0.5) is 0 Å². The maximum Gasteiger partial charge on any atom is 0.178 e. The van der Waals surface area contributed by atoms with Crippen LogP contribution in [0.25, 0.3) is 21.5 Å². The molecule has 4 nitrogen and oxygen atoms in total. The first-order valence-corrected chi connectivity index (χ1v) is 14.9. The Bertz CT molecular complexity index is 944. The second-order valence-corrected chi connectivity index (χ2v) is 10.8. The Kier molecular flexibility index (Phi) is 12.0. The molecule has 0 radical (unpaired) electrons. The molecule has 0 N–H and O–H groups in total. The van der Waals surface area contributed by atoms with Gasteiger partial charge in [0.1, 0.15) is 11.0 Å². The minimum absolute atomic E-state index is 0.686. The van der Waals surface area contributed by atoms with E-state index in [9.17, 15) is 0 Å². The molecule has 3 rings (SSSR count). The molecule has 3 aromatic rings. The summed E-state index contributed by atoms with van der Waals surface area (Å²) < 4.78 is 22.9. The summed E-state index contributed by atoms with van der Waals surface area (Å²) >= 11 is 6.71. The number of rotatable bonds is 17. The SMILES string of the molecule is CCCCCCCCOc1c(OCCCCCCCC)c(-c2cccs2)c2nsnc2c1Br. The van der Waals surface area contributed by atoms with Crippen LogP contribution in [0.2, 0.25) is 0 Å². The highest BCUT2D eigenvalue weighted by Gasteiger charge is 2.25. The molecule has 0 amide bonds. The molecule has 7 heteroatoms. The van der Waals surface area contributed by atoms with Crippen molar-refractivity contribution in [2.24, 2.45) is 0 Å². The fourth-order valence-electron chi connectivity index (χ4n) is 3.95. The number of nitrogens with zero attached hydrogens (tertiary/aromatic N) is 2. The molecular weight excluding hydrogens is 516 g/mol. The van der Waals surface area contributed by atoms with Gasteiger partial charge in [-0.1, -0.05) is 84.1 Å². The van der Waals surface area contributed by atoms with Crippen molar-refractivity contribution in [3.05, 3.63) is 22.0 Å². The number of aromatic nitrogens is 2. The zero-order chi connectivity index (χ0) is 23.3. The lowest BCUT2D eigenvalue weighted by Crippen LogP contribution is -2.05. The summed E-state index contributed by atoms with van der Waals surface area (Å²) in [6, 6.07) is 4.20. The Morgan fingerprint density at radius 3 is 1.94 bits per heavy atom. The van der Waals surface area contributed by atoms with E-state index in [2.05, 4.69) is 56.0 Å². The van der Waals surface area contributed by atoms with E-state index in [-0.39, 0.29) is 0 Å².